The second-order valence-corrected chi connectivity index (χ2v) is 3.34. The molecule has 0 spiro atoms. The van der Waals surface area contributed by atoms with Crippen molar-refractivity contribution in [2.45, 2.75) is 19.4 Å². The number of rotatable bonds is 4. The Balaban J connectivity index is 2.33. The van der Waals surface area contributed by atoms with Crippen LogP contribution < -0.4 is 11.5 Å². The fourth-order valence-electron chi connectivity index (χ4n) is 1.51. The van der Waals surface area contributed by atoms with E-state index in [9.17, 15) is 4.79 Å². The van der Waals surface area contributed by atoms with E-state index >= 15 is 0 Å². The standard InChI is InChI=1S/C10H13N3O2/c11-5-1-2-7-13-9-8(15-10(13)14)4-3-6-12-9/h3-4,6H,1-2,5,7,11H2. The molecule has 2 heterocycles. The van der Waals surface area contributed by atoms with Crippen molar-refractivity contribution < 1.29 is 4.42 Å². The smallest absolute Gasteiger partial charge is 0.406 e. The molecule has 2 N–H and O–H groups in total. The van der Waals surface area contributed by atoms with Crippen LogP contribution in [-0.2, 0) is 6.54 Å². The highest BCUT2D eigenvalue weighted by molar-refractivity contribution is 5.67. The molecule has 80 valence electrons. The summed E-state index contributed by atoms with van der Waals surface area (Å²) in [6.07, 6.45) is 3.41. The number of hydrogen-bond donors (Lipinski definition) is 1. The number of unbranched alkanes of at least 4 members (excludes halogenated alkanes) is 1. The van der Waals surface area contributed by atoms with Gasteiger partial charge in [-0.25, -0.2) is 9.78 Å². The molecule has 2 aromatic rings. The molecule has 0 saturated heterocycles. The second-order valence-electron chi connectivity index (χ2n) is 3.34. The van der Waals surface area contributed by atoms with E-state index in [1.807, 2.05) is 0 Å². The van der Waals surface area contributed by atoms with Gasteiger partial charge in [-0.05, 0) is 31.5 Å². The first-order chi connectivity index (χ1) is 7.33. The molecule has 0 radical (unpaired) electrons. The van der Waals surface area contributed by atoms with Crippen molar-refractivity contribution in [1.29, 1.82) is 0 Å². The number of pyridine rings is 1. The van der Waals surface area contributed by atoms with E-state index in [0.717, 1.165) is 12.8 Å². The highest BCUT2D eigenvalue weighted by Gasteiger charge is 2.08. The van der Waals surface area contributed by atoms with Crippen LogP contribution in [0.3, 0.4) is 0 Å². The van der Waals surface area contributed by atoms with Crippen LogP contribution in [0.5, 0.6) is 0 Å². The van der Waals surface area contributed by atoms with Gasteiger partial charge in [-0.3, -0.25) is 4.57 Å². The summed E-state index contributed by atoms with van der Waals surface area (Å²) in [6, 6.07) is 3.48. The van der Waals surface area contributed by atoms with Gasteiger partial charge in [-0.15, -0.1) is 0 Å². The van der Waals surface area contributed by atoms with Crippen molar-refractivity contribution in [2.75, 3.05) is 6.54 Å². The molecule has 0 unspecified atom stereocenters. The van der Waals surface area contributed by atoms with E-state index < -0.39 is 0 Å². The van der Waals surface area contributed by atoms with Crippen LogP contribution in [0.1, 0.15) is 12.8 Å². The van der Waals surface area contributed by atoms with Gasteiger partial charge in [0.25, 0.3) is 0 Å². The van der Waals surface area contributed by atoms with Crippen LogP contribution in [-0.4, -0.2) is 16.1 Å². The maximum Gasteiger partial charge on any atom is 0.421 e. The number of nitrogens with two attached hydrogens (primary N) is 1. The van der Waals surface area contributed by atoms with E-state index in [0.29, 0.717) is 24.3 Å². The Morgan fingerprint density at radius 1 is 1.47 bits per heavy atom. The fraction of sp³-hybridized carbons (Fsp3) is 0.400. The van der Waals surface area contributed by atoms with Crippen LogP contribution in [0.2, 0.25) is 0 Å². The van der Waals surface area contributed by atoms with Crippen LogP contribution in [0.25, 0.3) is 11.2 Å². The van der Waals surface area contributed by atoms with E-state index in [2.05, 4.69) is 4.98 Å². The second kappa shape index (κ2) is 4.27. The quantitative estimate of drug-likeness (QED) is 0.750. The summed E-state index contributed by atoms with van der Waals surface area (Å²) < 4.78 is 6.59. The van der Waals surface area contributed by atoms with Gasteiger partial charge in [0.05, 0.1) is 0 Å². The lowest BCUT2D eigenvalue weighted by Gasteiger charge is -1.99. The predicted octanol–water partition coefficient (Wildman–Crippen LogP) is 0.728. The van der Waals surface area contributed by atoms with E-state index in [1.165, 1.54) is 0 Å². The van der Waals surface area contributed by atoms with Gasteiger partial charge in [-0.1, -0.05) is 0 Å². The Hall–Kier alpha value is -1.62. The largest absolute Gasteiger partial charge is 0.421 e. The molecule has 0 aliphatic carbocycles. The van der Waals surface area contributed by atoms with Crippen molar-refractivity contribution in [3.8, 4) is 0 Å². The molecule has 5 heteroatoms. The summed E-state index contributed by atoms with van der Waals surface area (Å²) >= 11 is 0. The molecule has 0 aliphatic rings. The lowest BCUT2D eigenvalue weighted by molar-refractivity contribution is 0.493. The van der Waals surface area contributed by atoms with Crippen molar-refractivity contribution in [1.82, 2.24) is 9.55 Å². The molecule has 0 atom stereocenters. The van der Waals surface area contributed by atoms with Crippen molar-refractivity contribution >= 4 is 11.2 Å². The molecular formula is C10H13N3O2. The Morgan fingerprint density at radius 2 is 2.33 bits per heavy atom. The van der Waals surface area contributed by atoms with Gasteiger partial charge in [0.1, 0.15) is 0 Å². The Morgan fingerprint density at radius 3 is 3.13 bits per heavy atom. The molecule has 2 rings (SSSR count). The zero-order valence-corrected chi connectivity index (χ0v) is 8.35. The van der Waals surface area contributed by atoms with Crippen molar-refractivity contribution in [2.24, 2.45) is 5.73 Å². The molecule has 2 aromatic heterocycles. The lowest BCUT2D eigenvalue weighted by Crippen LogP contribution is -2.15. The summed E-state index contributed by atoms with van der Waals surface area (Å²) in [5.41, 5.74) is 6.54. The minimum Gasteiger partial charge on any atom is -0.406 e. The maximum atomic E-state index is 11.5. The average Bonchev–Trinajstić information content (AvgIpc) is 2.56. The van der Waals surface area contributed by atoms with Crippen LogP contribution in [0, 0.1) is 0 Å². The summed E-state index contributed by atoms with van der Waals surface area (Å²) in [5, 5.41) is 0. The third-order valence-corrected chi connectivity index (χ3v) is 2.26. The number of fused-ring (bicyclic) bond motifs is 1. The first-order valence-electron chi connectivity index (χ1n) is 4.97. The van der Waals surface area contributed by atoms with Crippen LogP contribution in [0.4, 0.5) is 0 Å². The Labute approximate surface area is 86.5 Å². The maximum absolute atomic E-state index is 11.5. The Bertz CT molecular complexity index is 501. The minimum atomic E-state index is -0.347. The van der Waals surface area contributed by atoms with Crippen molar-refractivity contribution in [3.63, 3.8) is 0 Å². The number of oxazole rings is 1. The molecule has 0 aromatic carbocycles. The number of aromatic nitrogens is 2. The average molecular weight is 207 g/mol. The minimum absolute atomic E-state index is 0.347. The monoisotopic (exact) mass is 207 g/mol. The van der Waals surface area contributed by atoms with Gasteiger partial charge in [-0.2, -0.15) is 0 Å². The van der Waals surface area contributed by atoms with E-state index in [1.54, 1.807) is 22.9 Å². The van der Waals surface area contributed by atoms with Gasteiger partial charge in [0.15, 0.2) is 11.2 Å². The number of aryl methyl sites for hydroxylation is 1. The predicted molar refractivity (Wildman–Crippen MR) is 56.6 cm³/mol. The number of nitrogens with zero attached hydrogens (tertiary/aromatic N) is 2. The molecule has 0 aliphatic heterocycles. The van der Waals surface area contributed by atoms with Gasteiger partial charge < -0.3 is 10.2 Å². The zero-order chi connectivity index (χ0) is 10.7. The Kier molecular flexibility index (Phi) is 2.82. The highest BCUT2D eigenvalue weighted by Crippen LogP contribution is 2.09. The van der Waals surface area contributed by atoms with Crippen molar-refractivity contribution in [3.05, 3.63) is 28.9 Å². The summed E-state index contributed by atoms with van der Waals surface area (Å²) in [5.74, 6) is -0.347. The van der Waals surface area contributed by atoms with Crippen LogP contribution in [0.15, 0.2) is 27.5 Å². The highest BCUT2D eigenvalue weighted by atomic mass is 16.4. The molecule has 0 fully saturated rings. The molecule has 0 saturated carbocycles. The van der Waals surface area contributed by atoms with Gasteiger partial charge in [0, 0.05) is 12.7 Å². The van der Waals surface area contributed by atoms with Gasteiger partial charge in [0.2, 0.25) is 0 Å². The number of hydrogen-bond acceptors (Lipinski definition) is 4. The molecule has 0 amide bonds. The normalized spacial score (nSPS) is 11.0. The molecule has 5 nitrogen and oxygen atoms in total. The van der Waals surface area contributed by atoms with E-state index in [-0.39, 0.29) is 5.76 Å². The summed E-state index contributed by atoms with van der Waals surface area (Å²) in [4.78, 5) is 15.6. The molecule has 15 heavy (non-hydrogen) atoms. The van der Waals surface area contributed by atoms with E-state index in [4.69, 9.17) is 10.2 Å². The third kappa shape index (κ3) is 1.92. The summed E-state index contributed by atoms with van der Waals surface area (Å²) in [6.45, 7) is 1.25. The summed E-state index contributed by atoms with van der Waals surface area (Å²) in [7, 11) is 0. The first kappa shape index (κ1) is 9.92. The molecule has 0 bridgehead atoms. The van der Waals surface area contributed by atoms with Gasteiger partial charge >= 0.3 is 5.76 Å². The SMILES string of the molecule is NCCCCn1c(=O)oc2cccnc21. The third-order valence-electron chi connectivity index (χ3n) is 2.26. The topological polar surface area (TPSA) is 74.0 Å². The fourth-order valence-corrected chi connectivity index (χ4v) is 1.51. The zero-order valence-electron chi connectivity index (χ0n) is 8.35. The lowest BCUT2D eigenvalue weighted by atomic mass is 10.3. The first-order valence-corrected chi connectivity index (χ1v) is 4.97. The molecular weight excluding hydrogens is 194 g/mol. The van der Waals surface area contributed by atoms with Crippen LogP contribution >= 0.6 is 0 Å².